The summed E-state index contributed by atoms with van der Waals surface area (Å²) in [5, 5.41) is 18.2. The van der Waals surface area contributed by atoms with Gasteiger partial charge in [-0.3, -0.25) is 10.1 Å². The molecule has 0 bridgehead atoms. The Bertz CT molecular complexity index is 1020. The molecule has 106 valence electrons. The molecule has 5 heteroatoms. The number of H-pyrrole nitrogens is 1. The number of carboxylic acid groups (broad SMARTS) is 1. The predicted molar refractivity (Wildman–Crippen MR) is 83.8 cm³/mol. The smallest absolute Gasteiger partial charge is 0.336 e. The molecule has 2 aromatic heterocycles. The normalized spacial score (nSPS) is 11.1. The largest absolute Gasteiger partial charge is 0.478 e. The number of hydrogen-bond donors (Lipinski definition) is 2. The van der Waals surface area contributed by atoms with Crippen LogP contribution in [0.15, 0.2) is 54.7 Å². The molecule has 0 radical (unpaired) electrons. The molecule has 0 saturated heterocycles. The quantitative estimate of drug-likeness (QED) is 0.592. The summed E-state index contributed by atoms with van der Waals surface area (Å²) in [4.78, 5) is 15.9. The molecule has 0 atom stereocenters. The molecule has 0 fully saturated rings. The van der Waals surface area contributed by atoms with Gasteiger partial charge in [0.1, 0.15) is 5.69 Å². The summed E-state index contributed by atoms with van der Waals surface area (Å²) in [7, 11) is 0. The first-order valence-corrected chi connectivity index (χ1v) is 6.79. The van der Waals surface area contributed by atoms with Gasteiger partial charge in [0.15, 0.2) is 0 Å². The first kappa shape index (κ1) is 12.5. The minimum atomic E-state index is -0.970. The highest BCUT2D eigenvalue weighted by molar-refractivity contribution is 6.08. The number of carbonyl (C=O) groups is 1. The minimum absolute atomic E-state index is 0.231. The molecule has 0 aliphatic heterocycles. The van der Waals surface area contributed by atoms with Gasteiger partial charge in [-0.15, -0.1) is 0 Å². The van der Waals surface area contributed by atoms with Gasteiger partial charge in [-0.1, -0.05) is 24.3 Å². The Morgan fingerprint density at radius 3 is 2.82 bits per heavy atom. The molecular formula is C17H11N3O2. The summed E-state index contributed by atoms with van der Waals surface area (Å²) in [5.41, 5.74) is 3.21. The van der Waals surface area contributed by atoms with Crippen LogP contribution in [0.4, 0.5) is 0 Å². The van der Waals surface area contributed by atoms with Crippen molar-refractivity contribution in [3.8, 4) is 11.3 Å². The number of aromatic carboxylic acids is 1. The Kier molecular flexibility index (Phi) is 2.66. The number of fused-ring (bicyclic) bond motifs is 2. The Labute approximate surface area is 125 Å². The van der Waals surface area contributed by atoms with Crippen LogP contribution >= 0.6 is 0 Å². The molecule has 4 aromatic rings. The molecule has 2 aromatic carbocycles. The minimum Gasteiger partial charge on any atom is -0.478 e. The van der Waals surface area contributed by atoms with E-state index >= 15 is 0 Å². The number of benzene rings is 2. The van der Waals surface area contributed by atoms with Gasteiger partial charge < -0.3 is 5.11 Å². The Balaban J connectivity index is 2.02. The first-order chi connectivity index (χ1) is 10.7. The summed E-state index contributed by atoms with van der Waals surface area (Å²) >= 11 is 0. The average molecular weight is 289 g/mol. The molecule has 0 saturated carbocycles. The Hall–Kier alpha value is -3.21. The van der Waals surface area contributed by atoms with Crippen molar-refractivity contribution in [1.29, 1.82) is 0 Å². The number of nitrogens with zero attached hydrogens (tertiary/aromatic N) is 2. The number of aromatic nitrogens is 3. The molecule has 0 spiro atoms. The van der Waals surface area contributed by atoms with E-state index in [-0.39, 0.29) is 5.56 Å². The number of para-hydroxylation sites is 1. The van der Waals surface area contributed by atoms with Gasteiger partial charge in [0, 0.05) is 22.5 Å². The summed E-state index contributed by atoms with van der Waals surface area (Å²) in [6.07, 6.45) is 1.72. The predicted octanol–water partition coefficient (Wildman–Crippen LogP) is 3.48. The van der Waals surface area contributed by atoms with Gasteiger partial charge in [0.2, 0.25) is 0 Å². The second kappa shape index (κ2) is 4.66. The van der Waals surface area contributed by atoms with Crippen molar-refractivity contribution in [2.45, 2.75) is 0 Å². The van der Waals surface area contributed by atoms with Crippen molar-refractivity contribution in [1.82, 2.24) is 15.2 Å². The van der Waals surface area contributed by atoms with Crippen molar-refractivity contribution < 1.29 is 9.90 Å². The third-order valence-electron chi connectivity index (χ3n) is 3.68. The van der Waals surface area contributed by atoms with E-state index in [1.807, 2.05) is 36.4 Å². The van der Waals surface area contributed by atoms with Crippen LogP contribution in [0, 0.1) is 0 Å². The van der Waals surface area contributed by atoms with Gasteiger partial charge in [0.25, 0.3) is 0 Å². The van der Waals surface area contributed by atoms with Crippen molar-refractivity contribution in [3.05, 3.63) is 60.3 Å². The van der Waals surface area contributed by atoms with Crippen molar-refractivity contribution in [2.24, 2.45) is 0 Å². The zero-order chi connectivity index (χ0) is 15.1. The van der Waals surface area contributed by atoms with Crippen LogP contribution in [-0.2, 0) is 0 Å². The highest BCUT2D eigenvalue weighted by Gasteiger charge is 2.16. The highest BCUT2D eigenvalue weighted by atomic mass is 16.4. The lowest BCUT2D eigenvalue weighted by molar-refractivity contribution is 0.0699. The second-order valence-electron chi connectivity index (χ2n) is 5.02. The zero-order valence-corrected chi connectivity index (χ0v) is 11.4. The zero-order valence-electron chi connectivity index (χ0n) is 11.4. The third kappa shape index (κ3) is 1.83. The standard InChI is InChI=1S/C17H11N3O2/c21-17(22)12-5-3-7-14-15(12)16(20-19-14)11-8-10-4-1-2-6-13(10)18-9-11/h1-9H,(H,19,20)(H,21,22). The van der Waals surface area contributed by atoms with Gasteiger partial charge in [-0.25, -0.2) is 4.79 Å². The molecule has 2 heterocycles. The van der Waals surface area contributed by atoms with Crippen LogP contribution in [0.1, 0.15) is 10.4 Å². The van der Waals surface area contributed by atoms with Gasteiger partial charge in [-0.2, -0.15) is 5.10 Å². The maximum atomic E-state index is 11.5. The summed E-state index contributed by atoms with van der Waals surface area (Å²) in [5.74, 6) is -0.970. The Morgan fingerprint density at radius 1 is 1.09 bits per heavy atom. The summed E-state index contributed by atoms with van der Waals surface area (Å²) < 4.78 is 0. The van der Waals surface area contributed by atoms with Crippen LogP contribution in [0.25, 0.3) is 33.1 Å². The number of rotatable bonds is 2. The molecule has 0 aliphatic rings. The molecule has 4 rings (SSSR count). The van der Waals surface area contributed by atoms with Gasteiger partial charge in [0.05, 0.1) is 16.6 Å². The summed E-state index contributed by atoms with van der Waals surface area (Å²) in [6, 6.07) is 14.8. The van der Waals surface area contributed by atoms with Crippen molar-refractivity contribution in [3.63, 3.8) is 0 Å². The lowest BCUT2D eigenvalue weighted by Crippen LogP contribution is -1.97. The molecule has 2 N–H and O–H groups in total. The van der Waals surface area contributed by atoms with Crippen LogP contribution in [0.3, 0.4) is 0 Å². The van der Waals surface area contributed by atoms with Crippen LogP contribution < -0.4 is 0 Å². The van der Waals surface area contributed by atoms with Crippen LogP contribution in [0.2, 0.25) is 0 Å². The number of hydrogen-bond acceptors (Lipinski definition) is 3. The summed E-state index contributed by atoms with van der Waals surface area (Å²) in [6.45, 7) is 0. The van der Waals surface area contributed by atoms with E-state index in [9.17, 15) is 9.90 Å². The molecular weight excluding hydrogens is 278 g/mol. The van der Waals surface area contributed by atoms with E-state index < -0.39 is 5.97 Å². The molecule has 5 nitrogen and oxygen atoms in total. The number of carboxylic acids is 1. The number of aromatic amines is 1. The first-order valence-electron chi connectivity index (χ1n) is 6.79. The van der Waals surface area contributed by atoms with Crippen molar-refractivity contribution in [2.75, 3.05) is 0 Å². The molecule has 22 heavy (non-hydrogen) atoms. The number of pyridine rings is 1. The van der Waals surface area contributed by atoms with E-state index in [1.54, 1.807) is 18.3 Å². The highest BCUT2D eigenvalue weighted by Crippen LogP contribution is 2.30. The van der Waals surface area contributed by atoms with E-state index in [0.717, 1.165) is 16.5 Å². The van der Waals surface area contributed by atoms with E-state index in [4.69, 9.17) is 0 Å². The lowest BCUT2D eigenvalue weighted by atomic mass is 10.0. The average Bonchev–Trinajstić information content (AvgIpc) is 2.98. The van der Waals surface area contributed by atoms with Gasteiger partial charge in [-0.05, 0) is 24.3 Å². The monoisotopic (exact) mass is 289 g/mol. The SMILES string of the molecule is O=C(O)c1cccc2[nH]nc(-c3cnc4ccccc4c3)c12. The van der Waals surface area contributed by atoms with Crippen molar-refractivity contribution >= 4 is 27.8 Å². The molecule has 0 aliphatic carbocycles. The van der Waals surface area contributed by atoms with E-state index in [1.165, 1.54) is 0 Å². The number of nitrogens with one attached hydrogen (secondary N) is 1. The topological polar surface area (TPSA) is 78.9 Å². The maximum absolute atomic E-state index is 11.5. The maximum Gasteiger partial charge on any atom is 0.336 e. The fraction of sp³-hybridized carbons (Fsp3) is 0. The molecule has 0 amide bonds. The molecule has 0 unspecified atom stereocenters. The second-order valence-corrected chi connectivity index (χ2v) is 5.02. The van der Waals surface area contributed by atoms with Crippen LogP contribution in [-0.4, -0.2) is 26.3 Å². The van der Waals surface area contributed by atoms with E-state index in [2.05, 4.69) is 15.2 Å². The van der Waals surface area contributed by atoms with E-state index in [0.29, 0.717) is 16.6 Å². The van der Waals surface area contributed by atoms with Crippen LogP contribution in [0.5, 0.6) is 0 Å². The fourth-order valence-electron chi connectivity index (χ4n) is 2.66. The fourth-order valence-corrected chi connectivity index (χ4v) is 2.66. The van der Waals surface area contributed by atoms with Gasteiger partial charge >= 0.3 is 5.97 Å². The third-order valence-corrected chi connectivity index (χ3v) is 3.68. The lowest BCUT2D eigenvalue weighted by Gasteiger charge is -2.03. The Morgan fingerprint density at radius 2 is 1.95 bits per heavy atom.